The van der Waals surface area contributed by atoms with Gasteiger partial charge in [0.1, 0.15) is 0 Å². The van der Waals surface area contributed by atoms with E-state index in [0.29, 0.717) is 17.3 Å². The number of carboxylic acids is 1. The molecule has 0 aliphatic carbocycles. The molecule has 1 heterocycles. The third kappa shape index (κ3) is 3.72. The SMILES string of the molecule is O=C(O)Cc1csc(NCc2ccc(Cl)cc2)n1. The number of aromatic nitrogens is 1. The second-order valence-corrected chi connectivity index (χ2v) is 4.99. The van der Waals surface area contributed by atoms with Crippen molar-refractivity contribution in [1.29, 1.82) is 0 Å². The Kier molecular flexibility index (Phi) is 4.17. The van der Waals surface area contributed by atoms with Crippen LogP contribution in [0.4, 0.5) is 5.13 Å². The van der Waals surface area contributed by atoms with Crippen LogP contribution in [0, 0.1) is 0 Å². The summed E-state index contributed by atoms with van der Waals surface area (Å²) in [4.78, 5) is 14.7. The van der Waals surface area contributed by atoms with Crippen LogP contribution in [0.3, 0.4) is 0 Å². The number of aliphatic carboxylic acids is 1. The number of nitrogens with zero attached hydrogens (tertiary/aromatic N) is 1. The zero-order chi connectivity index (χ0) is 13.0. The van der Waals surface area contributed by atoms with Crippen LogP contribution in [0.15, 0.2) is 29.6 Å². The lowest BCUT2D eigenvalue weighted by Crippen LogP contribution is -2.02. The molecule has 1 aromatic carbocycles. The molecule has 2 rings (SSSR count). The van der Waals surface area contributed by atoms with Crippen molar-refractivity contribution in [3.63, 3.8) is 0 Å². The van der Waals surface area contributed by atoms with Gasteiger partial charge in [0.2, 0.25) is 0 Å². The monoisotopic (exact) mass is 282 g/mol. The van der Waals surface area contributed by atoms with Crippen molar-refractivity contribution in [2.24, 2.45) is 0 Å². The Balaban J connectivity index is 1.92. The fourth-order valence-corrected chi connectivity index (χ4v) is 2.24. The maximum Gasteiger partial charge on any atom is 0.309 e. The molecule has 4 nitrogen and oxygen atoms in total. The molecule has 0 radical (unpaired) electrons. The number of hydrogen-bond donors (Lipinski definition) is 2. The van der Waals surface area contributed by atoms with Crippen LogP contribution in [0.2, 0.25) is 5.02 Å². The third-order valence-electron chi connectivity index (χ3n) is 2.24. The molecule has 0 amide bonds. The van der Waals surface area contributed by atoms with E-state index in [1.165, 1.54) is 11.3 Å². The normalized spacial score (nSPS) is 10.3. The van der Waals surface area contributed by atoms with E-state index in [0.717, 1.165) is 10.7 Å². The van der Waals surface area contributed by atoms with Crippen molar-refractivity contribution in [3.05, 3.63) is 45.9 Å². The van der Waals surface area contributed by atoms with Crippen molar-refractivity contribution in [3.8, 4) is 0 Å². The molecule has 6 heteroatoms. The van der Waals surface area contributed by atoms with Gasteiger partial charge >= 0.3 is 5.97 Å². The number of halogens is 1. The first kappa shape index (κ1) is 12.9. The van der Waals surface area contributed by atoms with Crippen LogP contribution in [-0.2, 0) is 17.8 Å². The van der Waals surface area contributed by atoms with Crippen molar-refractivity contribution in [2.75, 3.05) is 5.32 Å². The van der Waals surface area contributed by atoms with Gasteiger partial charge in [0, 0.05) is 16.9 Å². The first-order chi connectivity index (χ1) is 8.63. The van der Waals surface area contributed by atoms with Gasteiger partial charge in [-0.1, -0.05) is 23.7 Å². The molecular weight excluding hydrogens is 272 g/mol. The fourth-order valence-electron chi connectivity index (χ4n) is 1.40. The lowest BCUT2D eigenvalue weighted by atomic mass is 10.2. The lowest BCUT2D eigenvalue weighted by molar-refractivity contribution is -0.136. The minimum atomic E-state index is -0.871. The topological polar surface area (TPSA) is 62.2 Å². The maximum atomic E-state index is 10.5. The average Bonchev–Trinajstić information content (AvgIpc) is 2.75. The first-order valence-electron chi connectivity index (χ1n) is 5.28. The van der Waals surface area contributed by atoms with Gasteiger partial charge in [-0.2, -0.15) is 0 Å². The molecule has 0 unspecified atom stereocenters. The summed E-state index contributed by atoms with van der Waals surface area (Å²) in [5.41, 5.74) is 1.67. The van der Waals surface area contributed by atoms with Crippen molar-refractivity contribution in [1.82, 2.24) is 4.98 Å². The molecule has 1 aromatic heterocycles. The number of carboxylic acid groups (broad SMARTS) is 1. The van der Waals surface area contributed by atoms with Crippen molar-refractivity contribution < 1.29 is 9.90 Å². The Morgan fingerprint density at radius 2 is 2.11 bits per heavy atom. The van der Waals surface area contributed by atoms with Gasteiger partial charge in [-0.25, -0.2) is 4.98 Å². The highest BCUT2D eigenvalue weighted by molar-refractivity contribution is 7.13. The number of thiazole rings is 1. The molecule has 0 fully saturated rings. The van der Waals surface area contributed by atoms with Crippen molar-refractivity contribution in [2.45, 2.75) is 13.0 Å². The average molecular weight is 283 g/mol. The molecule has 2 N–H and O–H groups in total. The molecule has 2 aromatic rings. The summed E-state index contributed by atoms with van der Waals surface area (Å²) in [7, 11) is 0. The summed E-state index contributed by atoms with van der Waals surface area (Å²) in [6, 6.07) is 7.52. The minimum absolute atomic E-state index is 0.0425. The Hall–Kier alpha value is -1.59. The number of hydrogen-bond acceptors (Lipinski definition) is 4. The predicted octanol–water partition coefficient (Wildman–Crippen LogP) is 3.04. The smallest absolute Gasteiger partial charge is 0.309 e. The Morgan fingerprint density at radius 3 is 2.78 bits per heavy atom. The quantitative estimate of drug-likeness (QED) is 0.885. The zero-order valence-electron chi connectivity index (χ0n) is 9.39. The Morgan fingerprint density at radius 1 is 1.39 bits per heavy atom. The number of anilines is 1. The largest absolute Gasteiger partial charge is 0.481 e. The second-order valence-electron chi connectivity index (χ2n) is 3.69. The van der Waals surface area contributed by atoms with E-state index in [2.05, 4.69) is 10.3 Å². The number of carbonyl (C=O) groups is 1. The van der Waals surface area contributed by atoms with Crippen LogP contribution in [0.25, 0.3) is 0 Å². The molecule has 0 bridgehead atoms. The van der Waals surface area contributed by atoms with E-state index in [4.69, 9.17) is 16.7 Å². The van der Waals surface area contributed by atoms with E-state index in [-0.39, 0.29) is 6.42 Å². The number of rotatable bonds is 5. The summed E-state index contributed by atoms with van der Waals surface area (Å²) >= 11 is 7.20. The van der Waals surface area contributed by atoms with Crippen LogP contribution in [-0.4, -0.2) is 16.1 Å². The summed E-state index contributed by atoms with van der Waals surface area (Å²) in [5.74, 6) is -0.871. The summed E-state index contributed by atoms with van der Waals surface area (Å²) in [6.45, 7) is 0.636. The maximum absolute atomic E-state index is 10.5. The minimum Gasteiger partial charge on any atom is -0.481 e. The van der Waals surface area contributed by atoms with Gasteiger partial charge in [0.15, 0.2) is 5.13 Å². The predicted molar refractivity (Wildman–Crippen MR) is 72.2 cm³/mol. The molecule has 0 spiro atoms. The van der Waals surface area contributed by atoms with Crippen LogP contribution >= 0.6 is 22.9 Å². The van der Waals surface area contributed by atoms with Gasteiger partial charge in [-0.15, -0.1) is 11.3 Å². The van der Waals surface area contributed by atoms with E-state index in [1.54, 1.807) is 5.38 Å². The molecule has 18 heavy (non-hydrogen) atoms. The van der Waals surface area contributed by atoms with Gasteiger partial charge < -0.3 is 10.4 Å². The standard InChI is InChI=1S/C12H11ClN2O2S/c13-9-3-1-8(2-4-9)6-14-12-15-10(7-18-12)5-11(16)17/h1-4,7H,5-6H2,(H,14,15)(H,16,17). The highest BCUT2D eigenvalue weighted by Crippen LogP contribution is 2.17. The molecule has 0 aliphatic heterocycles. The molecular formula is C12H11ClN2O2S. The first-order valence-corrected chi connectivity index (χ1v) is 6.54. The van der Waals surface area contributed by atoms with Gasteiger partial charge in [0.05, 0.1) is 12.1 Å². The molecule has 0 saturated heterocycles. The Bertz CT molecular complexity index is 539. The summed E-state index contributed by atoms with van der Waals surface area (Å²) in [6.07, 6.45) is -0.0425. The van der Waals surface area contributed by atoms with Gasteiger partial charge in [-0.05, 0) is 17.7 Å². The van der Waals surface area contributed by atoms with Crippen LogP contribution < -0.4 is 5.32 Å². The van der Waals surface area contributed by atoms with Crippen LogP contribution in [0.5, 0.6) is 0 Å². The molecule has 0 aliphatic rings. The fraction of sp³-hybridized carbons (Fsp3) is 0.167. The summed E-state index contributed by atoms with van der Waals surface area (Å²) in [5, 5.41) is 15.0. The van der Waals surface area contributed by atoms with E-state index < -0.39 is 5.97 Å². The second kappa shape index (κ2) is 5.84. The van der Waals surface area contributed by atoms with Crippen molar-refractivity contribution >= 4 is 34.0 Å². The highest BCUT2D eigenvalue weighted by atomic mass is 35.5. The zero-order valence-corrected chi connectivity index (χ0v) is 11.0. The number of benzene rings is 1. The van der Waals surface area contributed by atoms with E-state index in [1.807, 2.05) is 24.3 Å². The van der Waals surface area contributed by atoms with Gasteiger partial charge in [-0.3, -0.25) is 4.79 Å². The molecule has 94 valence electrons. The molecule has 0 atom stereocenters. The van der Waals surface area contributed by atoms with Crippen LogP contribution in [0.1, 0.15) is 11.3 Å². The third-order valence-corrected chi connectivity index (χ3v) is 3.34. The highest BCUT2D eigenvalue weighted by Gasteiger charge is 2.05. The molecule has 0 saturated carbocycles. The van der Waals surface area contributed by atoms with E-state index >= 15 is 0 Å². The number of nitrogens with one attached hydrogen (secondary N) is 1. The Labute approximate surface area is 113 Å². The lowest BCUT2D eigenvalue weighted by Gasteiger charge is -2.02. The summed E-state index contributed by atoms with van der Waals surface area (Å²) < 4.78 is 0. The van der Waals surface area contributed by atoms with E-state index in [9.17, 15) is 4.79 Å². The van der Waals surface area contributed by atoms with Gasteiger partial charge in [0.25, 0.3) is 0 Å².